The van der Waals surface area contributed by atoms with Gasteiger partial charge in [0, 0.05) is 6.20 Å². The van der Waals surface area contributed by atoms with Crippen molar-refractivity contribution in [2.45, 2.75) is 29.7 Å². The molecule has 0 aliphatic heterocycles. The first kappa shape index (κ1) is 12.8. The maximum Gasteiger partial charge on any atom is 0.242 e. The molecule has 1 saturated carbocycles. The second-order valence-corrected chi connectivity index (χ2v) is 6.28. The first-order chi connectivity index (χ1) is 7.97. The molecule has 1 fully saturated rings. The lowest BCUT2D eigenvalue weighted by molar-refractivity contribution is 0.110. The fourth-order valence-electron chi connectivity index (χ4n) is 1.76. The molecule has 1 heterocycles. The molecule has 0 saturated heterocycles. The van der Waals surface area contributed by atoms with E-state index in [4.69, 9.17) is 11.6 Å². The molecule has 0 spiro atoms. The summed E-state index contributed by atoms with van der Waals surface area (Å²) in [6.07, 6.45) is 3.43. The predicted molar refractivity (Wildman–Crippen MR) is 63.2 cm³/mol. The van der Waals surface area contributed by atoms with Crippen molar-refractivity contribution in [1.29, 1.82) is 0 Å². The molecule has 2 N–H and O–H groups in total. The summed E-state index contributed by atoms with van der Waals surface area (Å²) < 4.78 is 26.5. The van der Waals surface area contributed by atoms with Crippen molar-refractivity contribution in [3.8, 4) is 0 Å². The van der Waals surface area contributed by atoms with Gasteiger partial charge in [-0.1, -0.05) is 11.6 Å². The third-order valence-corrected chi connectivity index (χ3v) is 4.76. The fraction of sp³-hybridized carbons (Fsp3) is 0.500. The molecule has 2 rings (SSSR count). The number of halogens is 1. The Morgan fingerprint density at radius 1 is 1.47 bits per heavy atom. The minimum Gasteiger partial charge on any atom is -0.394 e. The fourth-order valence-corrected chi connectivity index (χ4v) is 3.27. The average Bonchev–Trinajstić information content (AvgIpc) is 2.24. The summed E-state index contributed by atoms with van der Waals surface area (Å²) in [5.74, 6) is 0. The van der Waals surface area contributed by atoms with Gasteiger partial charge >= 0.3 is 0 Å². The van der Waals surface area contributed by atoms with Gasteiger partial charge in [-0.15, -0.1) is 0 Å². The lowest BCUT2D eigenvalue weighted by Gasteiger charge is -2.40. The van der Waals surface area contributed by atoms with Gasteiger partial charge in [0.05, 0.1) is 12.1 Å². The van der Waals surface area contributed by atoms with E-state index in [1.807, 2.05) is 0 Å². The number of nitrogens with one attached hydrogen (secondary N) is 1. The van der Waals surface area contributed by atoms with Gasteiger partial charge in [0.1, 0.15) is 10.0 Å². The number of rotatable bonds is 4. The van der Waals surface area contributed by atoms with Crippen LogP contribution in [0.2, 0.25) is 5.15 Å². The number of aliphatic hydroxyl groups excluding tert-OH is 1. The summed E-state index contributed by atoms with van der Waals surface area (Å²) in [7, 11) is -3.64. The SMILES string of the molecule is O=S(=O)(NC1(CO)CCC1)c1ccc(Cl)nc1. The Kier molecular flexibility index (Phi) is 3.40. The van der Waals surface area contributed by atoms with Gasteiger partial charge in [-0.05, 0) is 31.4 Å². The Bertz CT molecular complexity index is 491. The molecule has 1 aromatic heterocycles. The van der Waals surface area contributed by atoms with Gasteiger partial charge in [-0.3, -0.25) is 0 Å². The van der Waals surface area contributed by atoms with Crippen LogP contribution in [-0.2, 0) is 10.0 Å². The number of sulfonamides is 1. The van der Waals surface area contributed by atoms with Crippen molar-refractivity contribution >= 4 is 21.6 Å². The number of pyridine rings is 1. The van der Waals surface area contributed by atoms with Crippen LogP contribution < -0.4 is 4.72 Å². The Morgan fingerprint density at radius 2 is 2.18 bits per heavy atom. The summed E-state index contributed by atoms with van der Waals surface area (Å²) in [6, 6.07) is 2.81. The van der Waals surface area contributed by atoms with Crippen molar-refractivity contribution < 1.29 is 13.5 Å². The molecule has 17 heavy (non-hydrogen) atoms. The Hall–Kier alpha value is -0.690. The maximum absolute atomic E-state index is 12.0. The standard InChI is InChI=1S/C10H13ClN2O3S/c11-9-3-2-8(6-12-9)17(15,16)13-10(7-14)4-1-5-10/h2-3,6,13-14H,1,4-5,7H2. The molecule has 0 radical (unpaired) electrons. The van der Waals surface area contributed by atoms with E-state index in [0.29, 0.717) is 12.8 Å². The summed E-state index contributed by atoms with van der Waals surface area (Å²) >= 11 is 5.59. The van der Waals surface area contributed by atoms with E-state index >= 15 is 0 Å². The van der Waals surface area contributed by atoms with Gasteiger partial charge in [0.25, 0.3) is 0 Å². The topological polar surface area (TPSA) is 79.3 Å². The highest BCUT2D eigenvalue weighted by atomic mass is 35.5. The average molecular weight is 277 g/mol. The minimum atomic E-state index is -3.64. The highest BCUT2D eigenvalue weighted by Gasteiger charge is 2.40. The molecule has 1 aliphatic rings. The molecular weight excluding hydrogens is 264 g/mol. The summed E-state index contributed by atoms with van der Waals surface area (Å²) in [5, 5.41) is 9.47. The van der Waals surface area contributed by atoms with E-state index in [1.165, 1.54) is 18.3 Å². The van der Waals surface area contributed by atoms with E-state index in [9.17, 15) is 13.5 Å². The zero-order valence-corrected chi connectivity index (χ0v) is 10.6. The summed E-state index contributed by atoms with van der Waals surface area (Å²) in [4.78, 5) is 3.79. The number of nitrogens with zero attached hydrogens (tertiary/aromatic N) is 1. The molecule has 7 heteroatoms. The lowest BCUT2D eigenvalue weighted by atomic mass is 9.78. The van der Waals surface area contributed by atoms with Crippen LogP contribution in [0.25, 0.3) is 0 Å². The maximum atomic E-state index is 12.0. The first-order valence-electron chi connectivity index (χ1n) is 5.24. The number of hydrogen-bond donors (Lipinski definition) is 2. The zero-order valence-electron chi connectivity index (χ0n) is 9.06. The highest BCUT2D eigenvalue weighted by molar-refractivity contribution is 7.89. The smallest absolute Gasteiger partial charge is 0.242 e. The molecular formula is C10H13ClN2O3S. The third-order valence-electron chi connectivity index (χ3n) is 2.97. The van der Waals surface area contributed by atoms with E-state index < -0.39 is 15.6 Å². The molecule has 1 aromatic rings. The molecule has 0 unspecified atom stereocenters. The Balaban J connectivity index is 2.22. The van der Waals surface area contributed by atoms with Gasteiger partial charge in [0.2, 0.25) is 10.0 Å². The number of hydrogen-bond acceptors (Lipinski definition) is 4. The van der Waals surface area contributed by atoms with Crippen molar-refractivity contribution in [2.75, 3.05) is 6.61 Å². The molecule has 0 bridgehead atoms. The first-order valence-corrected chi connectivity index (χ1v) is 7.10. The monoisotopic (exact) mass is 276 g/mol. The summed E-state index contributed by atoms with van der Waals surface area (Å²) in [5.41, 5.74) is -0.696. The molecule has 94 valence electrons. The van der Waals surface area contributed by atoms with Crippen LogP contribution in [0.5, 0.6) is 0 Å². The van der Waals surface area contributed by atoms with Crippen molar-refractivity contribution in [2.24, 2.45) is 0 Å². The third kappa shape index (κ3) is 2.60. The van der Waals surface area contributed by atoms with Gasteiger partial charge in [-0.2, -0.15) is 0 Å². The highest BCUT2D eigenvalue weighted by Crippen LogP contribution is 2.32. The van der Waals surface area contributed by atoms with E-state index in [1.54, 1.807) is 0 Å². The second-order valence-electron chi connectivity index (χ2n) is 4.21. The van der Waals surface area contributed by atoms with Crippen LogP contribution in [0.3, 0.4) is 0 Å². The second kappa shape index (κ2) is 4.53. The van der Waals surface area contributed by atoms with Crippen LogP contribution in [0.1, 0.15) is 19.3 Å². The van der Waals surface area contributed by atoms with Gasteiger partial charge < -0.3 is 5.11 Å². The lowest BCUT2D eigenvalue weighted by Crippen LogP contribution is -2.55. The van der Waals surface area contributed by atoms with Crippen molar-refractivity contribution in [3.05, 3.63) is 23.5 Å². The molecule has 1 aliphatic carbocycles. The normalized spacial score (nSPS) is 18.7. The van der Waals surface area contributed by atoms with Crippen molar-refractivity contribution in [3.63, 3.8) is 0 Å². The molecule has 0 amide bonds. The quantitative estimate of drug-likeness (QED) is 0.802. The number of aromatic nitrogens is 1. The van der Waals surface area contributed by atoms with Crippen LogP contribution in [0, 0.1) is 0 Å². The van der Waals surface area contributed by atoms with Gasteiger partial charge in [-0.25, -0.2) is 18.1 Å². The van der Waals surface area contributed by atoms with Crippen LogP contribution in [-0.4, -0.2) is 30.7 Å². The van der Waals surface area contributed by atoms with Crippen LogP contribution in [0.4, 0.5) is 0 Å². The molecule has 0 atom stereocenters. The largest absolute Gasteiger partial charge is 0.394 e. The molecule has 0 aromatic carbocycles. The Morgan fingerprint density at radius 3 is 2.59 bits per heavy atom. The predicted octanol–water partition coefficient (Wildman–Crippen LogP) is 0.928. The van der Waals surface area contributed by atoms with Crippen molar-refractivity contribution in [1.82, 2.24) is 9.71 Å². The number of aliphatic hydroxyl groups is 1. The Labute approximate surface area is 105 Å². The van der Waals surface area contributed by atoms with Crippen LogP contribution >= 0.6 is 11.6 Å². The van der Waals surface area contributed by atoms with E-state index in [0.717, 1.165) is 6.42 Å². The van der Waals surface area contributed by atoms with Gasteiger partial charge in [0.15, 0.2) is 0 Å². The summed E-state index contributed by atoms with van der Waals surface area (Å²) in [6.45, 7) is -0.187. The zero-order chi connectivity index (χ0) is 12.5. The molecule has 5 nitrogen and oxygen atoms in total. The van der Waals surface area contributed by atoms with E-state index in [2.05, 4.69) is 9.71 Å². The van der Waals surface area contributed by atoms with Crippen LogP contribution in [0.15, 0.2) is 23.2 Å². The minimum absolute atomic E-state index is 0.0571. The van der Waals surface area contributed by atoms with E-state index in [-0.39, 0.29) is 16.7 Å².